The van der Waals surface area contributed by atoms with E-state index in [4.69, 9.17) is 4.74 Å². The van der Waals surface area contributed by atoms with Crippen LogP contribution in [0.5, 0.6) is 0 Å². The van der Waals surface area contributed by atoms with Gasteiger partial charge in [0.25, 0.3) is 0 Å². The average Bonchev–Trinajstić information content (AvgIpc) is 3.03. The Morgan fingerprint density at radius 3 is 2.74 bits per heavy atom. The smallest absolute Gasteiger partial charge is 0.243 e. The molecule has 0 aliphatic carbocycles. The quantitative estimate of drug-likeness (QED) is 0.829. The summed E-state index contributed by atoms with van der Waals surface area (Å²) in [7, 11) is 1.59. The molecule has 0 spiro atoms. The predicted octanol–water partition coefficient (Wildman–Crippen LogP) is 1.55. The molecule has 1 aromatic carbocycles. The van der Waals surface area contributed by atoms with Crippen LogP contribution in [0.3, 0.4) is 0 Å². The molecule has 6 nitrogen and oxygen atoms in total. The first-order valence-electron chi connectivity index (χ1n) is 7.81. The van der Waals surface area contributed by atoms with E-state index < -0.39 is 0 Å². The molecule has 0 bridgehead atoms. The van der Waals surface area contributed by atoms with Crippen molar-refractivity contribution < 1.29 is 14.3 Å². The molecular formula is C17H23N3O3. The summed E-state index contributed by atoms with van der Waals surface area (Å²) in [5.41, 5.74) is 1.95. The van der Waals surface area contributed by atoms with Gasteiger partial charge in [-0.25, -0.2) is 5.01 Å². The number of methoxy groups -OCH3 is 1. The number of carbonyl (C=O) groups is 2. The van der Waals surface area contributed by atoms with Gasteiger partial charge in [0.1, 0.15) is 0 Å². The van der Waals surface area contributed by atoms with Crippen molar-refractivity contribution in [2.75, 3.05) is 20.3 Å². The summed E-state index contributed by atoms with van der Waals surface area (Å²) in [5.74, 6) is -0.264. The number of hydrogen-bond donors (Lipinski definition) is 1. The van der Waals surface area contributed by atoms with Gasteiger partial charge < -0.3 is 10.1 Å². The summed E-state index contributed by atoms with van der Waals surface area (Å²) < 4.78 is 4.96. The summed E-state index contributed by atoms with van der Waals surface area (Å²) in [6.07, 6.45) is 1.07. The van der Waals surface area contributed by atoms with E-state index in [0.717, 1.165) is 17.7 Å². The lowest BCUT2D eigenvalue weighted by molar-refractivity contribution is -0.133. The van der Waals surface area contributed by atoms with Crippen molar-refractivity contribution >= 4 is 17.5 Å². The third-order valence-corrected chi connectivity index (χ3v) is 3.59. The van der Waals surface area contributed by atoms with Crippen molar-refractivity contribution in [3.8, 4) is 0 Å². The van der Waals surface area contributed by atoms with Crippen LogP contribution >= 0.6 is 0 Å². The maximum atomic E-state index is 12.2. The molecule has 2 amide bonds. The van der Waals surface area contributed by atoms with Crippen LogP contribution in [-0.2, 0) is 14.3 Å². The SMILES string of the molecule is COCC(C)NC(=O)CCC(=O)N1CCC(c2ccccc2)=N1. The minimum absolute atomic E-state index is 0.0582. The second-order valence-electron chi connectivity index (χ2n) is 5.60. The molecule has 0 radical (unpaired) electrons. The Labute approximate surface area is 136 Å². The van der Waals surface area contributed by atoms with Crippen LogP contribution in [0.15, 0.2) is 35.4 Å². The van der Waals surface area contributed by atoms with Gasteiger partial charge in [-0.3, -0.25) is 9.59 Å². The molecule has 0 saturated carbocycles. The number of nitrogens with one attached hydrogen (secondary N) is 1. The van der Waals surface area contributed by atoms with Crippen molar-refractivity contribution in [3.05, 3.63) is 35.9 Å². The van der Waals surface area contributed by atoms with Crippen LogP contribution in [0.25, 0.3) is 0 Å². The highest BCUT2D eigenvalue weighted by Gasteiger charge is 2.22. The molecule has 0 saturated heterocycles. The topological polar surface area (TPSA) is 71.0 Å². The second kappa shape index (κ2) is 8.43. The number of ether oxygens (including phenoxy) is 1. The van der Waals surface area contributed by atoms with Gasteiger partial charge in [0.15, 0.2) is 0 Å². The minimum Gasteiger partial charge on any atom is -0.383 e. The molecule has 23 heavy (non-hydrogen) atoms. The summed E-state index contributed by atoms with van der Waals surface area (Å²) in [6, 6.07) is 9.76. The Hall–Kier alpha value is -2.21. The van der Waals surface area contributed by atoms with Crippen LogP contribution in [0.4, 0.5) is 0 Å². The summed E-state index contributed by atoms with van der Waals surface area (Å²) >= 11 is 0. The van der Waals surface area contributed by atoms with Crippen molar-refractivity contribution in [2.45, 2.75) is 32.2 Å². The van der Waals surface area contributed by atoms with E-state index in [1.54, 1.807) is 7.11 Å². The highest BCUT2D eigenvalue weighted by atomic mass is 16.5. The Morgan fingerprint density at radius 2 is 2.04 bits per heavy atom. The van der Waals surface area contributed by atoms with Crippen LogP contribution in [-0.4, -0.2) is 48.8 Å². The molecule has 1 heterocycles. The van der Waals surface area contributed by atoms with Gasteiger partial charge in [-0.2, -0.15) is 5.10 Å². The zero-order chi connectivity index (χ0) is 16.7. The van der Waals surface area contributed by atoms with Gasteiger partial charge >= 0.3 is 0 Å². The molecule has 1 N–H and O–H groups in total. The Kier molecular flexibility index (Phi) is 6.29. The molecule has 0 fully saturated rings. The van der Waals surface area contributed by atoms with E-state index in [0.29, 0.717) is 13.2 Å². The van der Waals surface area contributed by atoms with Gasteiger partial charge in [0.05, 0.1) is 18.9 Å². The largest absolute Gasteiger partial charge is 0.383 e. The van der Waals surface area contributed by atoms with E-state index in [9.17, 15) is 9.59 Å². The first-order chi connectivity index (χ1) is 11.1. The second-order valence-corrected chi connectivity index (χ2v) is 5.60. The number of rotatable bonds is 7. The minimum atomic E-state index is -0.144. The molecular weight excluding hydrogens is 294 g/mol. The van der Waals surface area contributed by atoms with Crippen molar-refractivity contribution in [2.24, 2.45) is 5.10 Å². The molecule has 1 unspecified atom stereocenters. The first-order valence-corrected chi connectivity index (χ1v) is 7.81. The van der Waals surface area contributed by atoms with Gasteiger partial charge in [-0.1, -0.05) is 30.3 Å². The lowest BCUT2D eigenvalue weighted by Crippen LogP contribution is -2.36. The number of carbonyl (C=O) groups excluding carboxylic acids is 2. The van der Waals surface area contributed by atoms with Gasteiger partial charge in [-0.05, 0) is 12.5 Å². The van der Waals surface area contributed by atoms with E-state index in [1.807, 2.05) is 37.3 Å². The number of benzene rings is 1. The van der Waals surface area contributed by atoms with E-state index in [-0.39, 0.29) is 30.7 Å². The lowest BCUT2D eigenvalue weighted by atomic mass is 10.1. The van der Waals surface area contributed by atoms with Gasteiger partial charge in [0.2, 0.25) is 11.8 Å². The fraction of sp³-hybridized carbons (Fsp3) is 0.471. The lowest BCUT2D eigenvalue weighted by Gasteiger charge is -2.14. The third kappa shape index (κ3) is 5.17. The fourth-order valence-corrected chi connectivity index (χ4v) is 2.46. The molecule has 1 aliphatic heterocycles. The van der Waals surface area contributed by atoms with Crippen molar-refractivity contribution in [1.82, 2.24) is 10.3 Å². The molecule has 124 valence electrons. The van der Waals surface area contributed by atoms with Gasteiger partial charge in [0, 0.05) is 32.4 Å². The van der Waals surface area contributed by atoms with Gasteiger partial charge in [-0.15, -0.1) is 0 Å². The molecule has 0 aromatic heterocycles. The standard InChI is InChI=1S/C17H23N3O3/c1-13(12-23-2)18-16(21)8-9-17(22)20-11-10-15(19-20)14-6-4-3-5-7-14/h3-7,13H,8-12H2,1-2H3,(H,18,21). The molecule has 1 atom stereocenters. The number of hydrazone groups is 1. The molecule has 1 aliphatic rings. The summed E-state index contributed by atoms with van der Waals surface area (Å²) in [5, 5.41) is 8.63. The van der Waals surface area contributed by atoms with E-state index in [1.165, 1.54) is 5.01 Å². The summed E-state index contributed by atoms with van der Waals surface area (Å²) in [6.45, 7) is 2.89. The summed E-state index contributed by atoms with van der Waals surface area (Å²) in [4.78, 5) is 23.9. The molecule has 2 rings (SSSR count). The maximum absolute atomic E-state index is 12.2. The predicted molar refractivity (Wildman–Crippen MR) is 88.0 cm³/mol. The number of nitrogens with zero attached hydrogens (tertiary/aromatic N) is 2. The van der Waals surface area contributed by atoms with Crippen LogP contribution in [0, 0.1) is 0 Å². The zero-order valence-electron chi connectivity index (χ0n) is 13.6. The third-order valence-electron chi connectivity index (χ3n) is 3.59. The fourth-order valence-electron chi connectivity index (χ4n) is 2.46. The van der Waals surface area contributed by atoms with Crippen LogP contribution in [0.1, 0.15) is 31.7 Å². The van der Waals surface area contributed by atoms with Crippen molar-refractivity contribution in [1.29, 1.82) is 0 Å². The molecule has 6 heteroatoms. The average molecular weight is 317 g/mol. The van der Waals surface area contributed by atoms with Crippen LogP contribution in [0.2, 0.25) is 0 Å². The normalized spacial score (nSPS) is 15.2. The Bertz CT molecular complexity index is 572. The number of amides is 2. The molecule has 1 aromatic rings. The first kappa shape index (κ1) is 17.1. The number of hydrogen-bond acceptors (Lipinski definition) is 4. The highest BCUT2D eigenvalue weighted by molar-refractivity contribution is 6.02. The zero-order valence-corrected chi connectivity index (χ0v) is 13.6. The highest BCUT2D eigenvalue weighted by Crippen LogP contribution is 2.14. The monoisotopic (exact) mass is 317 g/mol. The van der Waals surface area contributed by atoms with E-state index >= 15 is 0 Å². The Balaban J connectivity index is 1.81. The van der Waals surface area contributed by atoms with Crippen molar-refractivity contribution in [3.63, 3.8) is 0 Å². The Morgan fingerprint density at radius 1 is 1.30 bits per heavy atom. The van der Waals surface area contributed by atoms with Crippen LogP contribution < -0.4 is 5.32 Å². The maximum Gasteiger partial charge on any atom is 0.243 e. The van der Waals surface area contributed by atoms with E-state index in [2.05, 4.69) is 10.4 Å².